The SMILES string of the molecule is CCCNC(C)(CC1CC1)C(F)F. The van der Waals surface area contributed by atoms with Crippen LogP contribution in [-0.2, 0) is 0 Å². The van der Waals surface area contributed by atoms with Crippen molar-refractivity contribution in [1.29, 1.82) is 0 Å². The maximum Gasteiger partial charge on any atom is 0.256 e. The molecule has 0 heterocycles. The van der Waals surface area contributed by atoms with Gasteiger partial charge in [-0.25, -0.2) is 8.78 Å². The highest BCUT2D eigenvalue weighted by Crippen LogP contribution is 2.38. The van der Waals surface area contributed by atoms with Crippen LogP contribution < -0.4 is 5.32 Å². The molecule has 0 bridgehead atoms. The molecule has 0 aromatic carbocycles. The van der Waals surface area contributed by atoms with Crippen molar-refractivity contribution in [2.45, 2.75) is 51.5 Å². The molecule has 0 amide bonds. The van der Waals surface area contributed by atoms with Crippen LogP contribution in [0.3, 0.4) is 0 Å². The zero-order valence-electron chi connectivity index (χ0n) is 8.45. The van der Waals surface area contributed by atoms with E-state index in [1.807, 2.05) is 6.92 Å². The van der Waals surface area contributed by atoms with Crippen LogP contribution in [0.1, 0.15) is 39.5 Å². The third-order valence-corrected chi connectivity index (χ3v) is 2.67. The minimum absolute atomic E-state index is 0.545. The van der Waals surface area contributed by atoms with Crippen LogP contribution in [0, 0.1) is 5.92 Å². The van der Waals surface area contributed by atoms with E-state index in [-0.39, 0.29) is 0 Å². The molecule has 1 atom stereocenters. The highest BCUT2D eigenvalue weighted by Gasteiger charge is 2.39. The summed E-state index contributed by atoms with van der Waals surface area (Å²) in [6, 6.07) is 0. The third kappa shape index (κ3) is 3.22. The summed E-state index contributed by atoms with van der Waals surface area (Å²) in [6.07, 6.45) is 1.56. The van der Waals surface area contributed by atoms with E-state index in [0.717, 1.165) is 19.3 Å². The number of rotatable bonds is 6. The summed E-state index contributed by atoms with van der Waals surface area (Å²) >= 11 is 0. The molecule has 1 unspecified atom stereocenters. The van der Waals surface area contributed by atoms with Gasteiger partial charge in [0.25, 0.3) is 6.43 Å². The van der Waals surface area contributed by atoms with Crippen molar-refractivity contribution in [3.05, 3.63) is 0 Å². The smallest absolute Gasteiger partial charge is 0.256 e. The first kappa shape index (κ1) is 10.9. The second kappa shape index (κ2) is 4.36. The lowest BCUT2D eigenvalue weighted by Crippen LogP contribution is -2.49. The average Bonchev–Trinajstić information content (AvgIpc) is 2.84. The van der Waals surface area contributed by atoms with Gasteiger partial charge in [0.1, 0.15) is 0 Å². The summed E-state index contributed by atoms with van der Waals surface area (Å²) in [5, 5.41) is 2.97. The summed E-state index contributed by atoms with van der Waals surface area (Å²) in [5.41, 5.74) is -0.947. The van der Waals surface area contributed by atoms with Crippen LogP contribution in [0.2, 0.25) is 0 Å². The lowest BCUT2D eigenvalue weighted by Gasteiger charge is -2.30. The van der Waals surface area contributed by atoms with E-state index in [4.69, 9.17) is 0 Å². The summed E-state index contributed by atoms with van der Waals surface area (Å²) in [4.78, 5) is 0. The number of hydrogen-bond acceptors (Lipinski definition) is 1. The molecule has 78 valence electrons. The third-order valence-electron chi connectivity index (χ3n) is 2.67. The van der Waals surface area contributed by atoms with Crippen molar-refractivity contribution in [2.24, 2.45) is 5.92 Å². The van der Waals surface area contributed by atoms with Crippen LogP contribution in [0.15, 0.2) is 0 Å². The number of hydrogen-bond donors (Lipinski definition) is 1. The first-order valence-electron chi connectivity index (χ1n) is 5.11. The Labute approximate surface area is 78.9 Å². The summed E-state index contributed by atoms with van der Waals surface area (Å²) in [6.45, 7) is 4.33. The second-order valence-corrected chi connectivity index (χ2v) is 4.29. The van der Waals surface area contributed by atoms with Gasteiger partial charge in [0.15, 0.2) is 0 Å². The molecule has 1 aliphatic rings. The van der Waals surface area contributed by atoms with Gasteiger partial charge < -0.3 is 5.32 Å². The molecule has 1 rings (SSSR count). The van der Waals surface area contributed by atoms with Crippen LogP contribution in [-0.4, -0.2) is 18.5 Å². The van der Waals surface area contributed by atoms with Crippen LogP contribution in [0.4, 0.5) is 8.78 Å². The quantitative estimate of drug-likeness (QED) is 0.680. The molecule has 1 aliphatic carbocycles. The molecule has 1 N–H and O–H groups in total. The highest BCUT2D eigenvalue weighted by atomic mass is 19.3. The Morgan fingerprint density at radius 1 is 1.46 bits per heavy atom. The topological polar surface area (TPSA) is 12.0 Å². The van der Waals surface area contributed by atoms with Gasteiger partial charge >= 0.3 is 0 Å². The van der Waals surface area contributed by atoms with Gasteiger partial charge in [-0.05, 0) is 32.2 Å². The summed E-state index contributed by atoms with van der Waals surface area (Å²) < 4.78 is 25.5. The molecular weight excluding hydrogens is 172 g/mol. The lowest BCUT2D eigenvalue weighted by molar-refractivity contribution is 0.0320. The first-order chi connectivity index (χ1) is 6.08. The molecule has 0 aromatic rings. The van der Waals surface area contributed by atoms with Gasteiger partial charge in [0.05, 0.1) is 5.54 Å². The Hall–Kier alpha value is -0.180. The molecule has 0 saturated heterocycles. The fourth-order valence-electron chi connectivity index (χ4n) is 1.57. The van der Waals surface area contributed by atoms with Gasteiger partial charge in [-0.2, -0.15) is 0 Å². The van der Waals surface area contributed by atoms with Crippen LogP contribution >= 0.6 is 0 Å². The molecule has 1 saturated carbocycles. The van der Waals surface area contributed by atoms with Crippen LogP contribution in [0.5, 0.6) is 0 Å². The first-order valence-corrected chi connectivity index (χ1v) is 5.11. The Balaban J connectivity index is 2.40. The van der Waals surface area contributed by atoms with Crippen LogP contribution in [0.25, 0.3) is 0 Å². The van der Waals surface area contributed by atoms with Gasteiger partial charge in [-0.15, -0.1) is 0 Å². The van der Waals surface area contributed by atoms with Crippen molar-refractivity contribution in [3.63, 3.8) is 0 Å². The summed E-state index contributed by atoms with van der Waals surface area (Å²) in [7, 11) is 0. The van der Waals surface area contributed by atoms with Crippen molar-refractivity contribution in [3.8, 4) is 0 Å². The lowest BCUT2D eigenvalue weighted by atomic mass is 9.95. The van der Waals surface area contributed by atoms with Crippen molar-refractivity contribution in [1.82, 2.24) is 5.32 Å². The Morgan fingerprint density at radius 2 is 2.08 bits per heavy atom. The molecule has 3 heteroatoms. The van der Waals surface area contributed by atoms with Gasteiger partial charge in [-0.3, -0.25) is 0 Å². The maximum absolute atomic E-state index is 12.7. The zero-order chi connectivity index (χ0) is 9.90. The molecule has 1 nitrogen and oxygen atoms in total. The molecular formula is C10H19F2N. The monoisotopic (exact) mass is 191 g/mol. The van der Waals surface area contributed by atoms with E-state index in [2.05, 4.69) is 5.32 Å². The minimum atomic E-state index is -2.25. The largest absolute Gasteiger partial charge is 0.307 e. The van der Waals surface area contributed by atoms with E-state index < -0.39 is 12.0 Å². The van der Waals surface area contributed by atoms with Gasteiger partial charge in [0.2, 0.25) is 0 Å². The van der Waals surface area contributed by atoms with Crippen molar-refractivity contribution >= 4 is 0 Å². The van der Waals surface area contributed by atoms with E-state index >= 15 is 0 Å². The highest BCUT2D eigenvalue weighted by molar-refractivity contribution is 4.91. The van der Waals surface area contributed by atoms with E-state index in [9.17, 15) is 8.78 Å². The standard InChI is InChI=1S/C10H19F2N/c1-3-6-13-10(2,9(11)12)7-8-4-5-8/h8-9,13H,3-7H2,1-2H3. The molecule has 0 radical (unpaired) electrons. The molecule has 13 heavy (non-hydrogen) atoms. The number of alkyl halides is 2. The normalized spacial score (nSPS) is 21.9. The number of nitrogens with one attached hydrogen (secondary N) is 1. The number of halogens is 2. The fraction of sp³-hybridized carbons (Fsp3) is 1.00. The molecule has 0 spiro atoms. The zero-order valence-corrected chi connectivity index (χ0v) is 8.45. The fourth-order valence-corrected chi connectivity index (χ4v) is 1.57. The Bertz CT molecular complexity index is 157. The van der Waals surface area contributed by atoms with E-state index in [0.29, 0.717) is 18.9 Å². The van der Waals surface area contributed by atoms with E-state index in [1.54, 1.807) is 6.92 Å². The Morgan fingerprint density at radius 3 is 2.46 bits per heavy atom. The molecule has 1 fully saturated rings. The maximum atomic E-state index is 12.7. The summed E-state index contributed by atoms with van der Waals surface area (Å²) in [5.74, 6) is 0.545. The van der Waals surface area contributed by atoms with E-state index in [1.165, 1.54) is 0 Å². The van der Waals surface area contributed by atoms with Gasteiger partial charge in [-0.1, -0.05) is 19.8 Å². The average molecular weight is 191 g/mol. The predicted octanol–water partition coefficient (Wildman–Crippen LogP) is 2.81. The molecule has 0 aromatic heterocycles. The minimum Gasteiger partial charge on any atom is -0.307 e. The Kier molecular flexibility index (Phi) is 3.65. The van der Waals surface area contributed by atoms with Gasteiger partial charge in [0, 0.05) is 0 Å². The molecule has 0 aliphatic heterocycles. The second-order valence-electron chi connectivity index (χ2n) is 4.29. The predicted molar refractivity (Wildman–Crippen MR) is 50.0 cm³/mol. The van der Waals surface area contributed by atoms with Crippen molar-refractivity contribution < 1.29 is 8.78 Å². The van der Waals surface area contributed by atoms with Crippen molar-refractivity contribution in [2.75, 3.05) is 6.54 Å².